The SMILES string of the molecule is CCCCC[C@H](OCc1ccc(OC)cc1)[C@H](C=O)C/C(C)=C/[Si](C)(C)C. The number of aldehydes is 1. The molecule has 0 unspecified atom stereocenters. The minimum atomic E-state index is -1.28. The second kappa shape index (κ2) is 12.1. The van der Waals surface area contributed by atoms with Gasteiger partial charge in [-0.25, -0.2) is 0 Å². The van der Waals surface area contributed by atoms with Crippen molar-refractivity contribution in [3.05, 3.63) is 41.1 Å². The van der Waals surface area contributed by atoms with E-state index in [1.54, 1.807) is 7.11 Å². The van der Waals surface area contributed by atoms with Crippen LogP contribution in [0.1, 0.15) is 51.5 Å². The van der Waals surface area contributed by atoms with E-state index in [1.165, 1.54) is 18.4 Å². The summed E-state index contributed by atoms with van der Waals surface area (Å²) in [6, 6.07) is 7.94. The fourth-order valence-corrected chi connectivity index (χ4v) is 4.97. The van der Waals surface area contributed by atoms with Crippen LogP contribution in [-0.2, 0) is 16.1 Å². The molecule has 1 aromatic rings. The molecule has 0 saturated carbocycles. The number of hydrogen-bond acceptors (Lipinski definition) is 3. The van der Waals surface area contributed by atoms with E-state index in [1.807, 2.05) is 24.3 Å². The van der Waals surface area contributed by atoms with Gasteiger partial charge in [0.2, 0.25) is 0 Å². The third kappa shape index (κ3) is 9.92. The summed E-state index contributed by atoms with van der Waals surface area (Å²) in [6.45, 7) is 11.9. The molecular formula is C23H38O3Si. The number of carbonyl (C=O) groups is 1. The molecule has 0 N–H and O–H groups in total. The maximum absolute atomic E-state index is 11.9. The van der Waals surface area contributed by atoms with Crippen LogP contribution in [0, 0.1) is 5.92 Å². The summed E-state index contributed by atoms with van der Waals surface area (Å²) in [7, 11) is 0.390. The Morgan fingerprint density at radius 1 is 1.15 bits per heavy atom. The van der Waals surface area contributed by atoms with Crippen molar-refractivity contribution >= 4 is 14.4 Å². The topological polar surface area (TPSA) is 35.5 Å². The Balaban J connectivity index is 2.79. The van der Waals surface area contributed by atoms with Gasteiger partial charge in [-0.1, -0.05) is 69.2 Å². The summed E-state index contributed by atoms with van der Waals surface area (Å²) in [4.78, 5) is 11.9. The maximum atomic E-state index is 11.9. The molecule has 1 rings (SSSR count). The average Bonchev–Trinajstić information content (AvgIpc) is 2.62. The van der Waals surface area contributed by atoms with E-state index < -0.39 is 8.07 Å². The van der Waals surface area contributed by atoms with Gasteiger partial charge >= 0.3 is 0 Å². The molecule has 1 aromatic carbocycles. The van der Waals surface area contributed by atoms with Crippen LogP contribution in [0.25, 0.3) is 0 Å². The molecule has 0 heterocycles. The normalized spacial score (nSPS) is 14.7. The van der Waals surface area contributed by atoms with Gasteiger partial charge in [-0.15, -0.1) is 0 Å². The van der Waals surface area contributed by atoms with Gasteiger partial charge in [0, 0.05) is 5.92 Å². The summed E-state index contributed by atoms with van der Waals surface area (Å²) in [6.07, 6.45) is 6.27. The standard InChI is InChI=1S/C23H38O3Si/c1-7-8-9-10-23(21(16-24)15-19(2)18-27(4,5)6)26-17-20-11-13-22(25-3)14-12-20/h11-14,16,18,21,23H,7-10,15,17H2,1-6H3/b19-18+/t21-,23-/m0/s1. The molecule has 0 aliphatic rings. The number of unbranched alkanes of at least 4 members (excludes halogenated alkanes) is 2. The van der Waals surface area contributed by atoms with Crippen molar-refractivity contribution in [1.82, 2.24) is 0 Å². The Bertz CT molecular complexity index is 572. The van der Waals surface area contributed by atoms with Crippen LogP contribution in [0.5, 0.6) is 5.75 Å². The summed E-state index contributed by atoms with van der Waals surface area (Å²) in [5.41, 5.74) is 4.82. The summed E-state index contributed by atoms with van der Waals surface area (Å²) in [5.74, 6) is 0.767. The molecule has 0 amide bonds. The molecule has 0 fully saturated rings. The zero-order valence-corrected chi connectivity index (χ0v) is 19.1. The van der Waals surface area contributed by atoms with Crippen LogP contribution in [0.4, 0.5) is 0 Å². The quantitative estimate of drug-likeness (QED) is 0.229. The Hall–Kier alpha value is -1.39. The highest BCUT2D eigenvalue weighted by atomic mass is 28.3. The summed E-state index contributed by atoms with van der Waals surface area (Å²) in [5, 5.41) is 0. The van der Waals surface area contributed by atoms with Gasteiger partial charge < -0.3 is 14.3 Å². The van der Waals surface area contributed by atoms with Crippen molar-refractivity contribution in [2.24, 2.45) is 5.92 Å². The molecule has 0 bridgehead atoms. The third-order valence-corrected chi connectivity index (χ3v) is 5.96. The number of hydrogen-bond donors (Lipinski definition) is 0. The highest BCUT2D eigenvalue weighted by Gasteiger charge is 2.23. The van der Waals surface area contributed by atoms with Gasteiger partial charge in [-0.05, 0) is 37.5 Å². The second-order valence-electron chi connectivity index (χ2n) is 8.55. The molecule has 0 radical (unpaired) electrons. The lowest BCUT2D eigenvalue weighted by Gasteiger charge is -2.25. The molecule has 3 nitrogen and oxygen atoms in total. The lowest BCUT2D eigenvalue weighted by molar-refractivity contribution is -0.117. The molecule has 0 spiro atoms. The second-order valence-corrected chi connectivity index (χ2v) is 13.6. The van der Waals surface area contributed by atoms with E-state index in [4.69, 9.17) is 9.47 Å². The zero-order valence-electron chi connectivity index (χ0n) is 18.1. The minimum Gasteiger partial charge on any atom is -0.497 e. The first-order valence-electron chi connectivity index (χ1n) is 10.2. The van der Waals surface area contributed by atoms with Crippen molar-refractivity contribution in [3.8, 4) is 5.75 Å². The smallest absolute Gasteiger partial charge is 0.125 e. The molecule has 0 aromatic heterocycles. The minimum absolute atomic E-state index is 0.0267. The van der Waals surface area contributed by atoms with E-state index in [2.05, 4.69) is 39.2 Å². The Morgan fingerprint density at radius 2 is 1.81 bits per heavy atom. The molecule has 0 saturated heterocycles. The molecule has 4 heteroatoms. The number of allylic oxidation sites excluding steroid dienone is 1. The molecular weight excluding hydrogens is 352 g/mol. The van der Waals surface area contributed by atoms with E-state index in [9.17, 15) is 4.79 Å². The van der Waals surface area contributed by atoms with Crippen molar-refractivity contribution < 1.29 is 14.3 Å². The zero-order chi connectivity index (χ0) is 20.3. The highest BCUT2D eigenvalue weighted by Crippen LogP contribution is 2.24. The largest absolute Gasteiger partial charge is 0.497 e. The lowest BCUT2D eigenvalue weighted by Crippen LogP contribution is -2.26. The van der Waals surface area contributed by atoms with Gasteiger partial charge in [-0.3, -0.25) is 0 Å². The number of benzene rings is 1. The van der Waals surface area contributed by atoms with Gasteiger partial charge in [-0.2, -0.15) is 0 Å². The number of methoxy groups -OCH3 is 1. The predicted octanol–water partition coefficient (Wildman–Crippen LogP) is 6.19. The van der Waals surface area contributed by atoms with Crippen LogP contribution >= 0.6 is 0 Å². The Morgan fingerprint density at radius 3 is 2.33 bits per heavy atom. The highest BCUT2D eigenvalue weighted by molar-refractivity contribution is 6.81. The number of rotatable bonds is 13. The van der Waals surface area contributed by atoms with Crippen molar-refractivity contribution in [1.29, 1.82) is 0 Å². The first-order valence-corrected chi connectivity index (χ1v) is 13.7. The van der Waals surface area contributed by atoms with Crippen molar-refractivity contribution in [2.45, 2.75) is 78.3 Å². The monoisotopic (exact) mass is 390 g/mol. The molecule has 152 valence electrons. The lowest BCUT2D eigenvalue weighted by atomic mass is 9.92. The predicted molar refractivity (Wildman–Crippen MR) is 117 cm³/mol. The fraction of sp³-hybridized carbons (Fsp3) is 0.609. The van der Waals surface area contributed by atoms with Crippen LogP contribution in [0.15, 0.2) is 35.5 Å². The fourth-order valence-electron chi connectivity index (χ4n) is 3.38. The summed E-state index contributed by atoms with van der Waals surface area (Å²) >= 11 is 0. The Kier molecular flexibility index (Phi) is 10.6. The number of ether oxygens (including phenoxy) is 2. The van der Waals surface area contributed by atoms with Crippen molar-refractivity contribution in [3.63, 3.8) is 0 Å². The molecule has 2 atom stereocenters. The van der Waals surface area contributed by atoms with Crippen molar-refractivity contribution in [2.75, 3.05) is 7.11 Å². The average molecular weight is 391 g/mol. The van der Waals surface area contributed by atoms with Gasteiger partial charge in [0.15, 0.2) is 0 Å². The van der Waals surface area contributed by atoms with Crippen LogP contribution in [0.2, 0.25) is 19.6 Å². The van der Waals surface area contributed by atoms with Crippen LogP contribution in [0.3, 0.4) is 0 Å². The molecule has 0 aliphatic heterocycles. The molecule has 27 heavy (non-hydrogen) atoms. The Labute approximate surface area is 167 Å². The van der Waals surface area contributed by atoms with E-state index in [-0.39, 0.29) is 12.0 Å². The first-order chi connectivity index (χ1) is 12.8. The van der Waals surface area contributed by atoms with E-state index >= 15 is 0 Å². The van der Waals surface area contributed by atoms with Gasteiger partial charge in [0.25, 0.3) is 0 Å². The van der Waals surface area contributed by atoms with Gasteiger partial charge in [0.05, 0.1) is 27.9 Å². The number of carbonyl (C=O) groups excluding carboxylic acids is 1. The van der Waals surface area contributed by atoms with Gasteiger partial charge in [0.1, 0.15) is 12.0 Å². The summed E-state index contributed by atoms with van der Waals surface area (Å²) < 4.78 is 11.5. The van der Waals surface area contributed by atoms with Crippen LogP contribution in [-0.4, -0.2) is 27.6 Å². The maximum Gasteiger partial charge on any atom is 0.125 e. The van der Waals surface area contributed by atoms with E-state index in [0.717, 1.165) is 36.9 Å². The van der Waals surface area contributed by atoms with E-state index in [0.29, 0.717) is 6.61 Å². The third-order valence-electron chi connectivity index (χ3n) is 4.60. The molecule has 0 aliphatic carbocycles. The first kappa shape index (κ1) is 23.6. The van der Waals surface area contributed by atoms with Crippen LogP contribution < -0.4 is 4.74 Å².